The lowest BCUT2D eigenvalue weighted by molar-refractivity contribution is 0.102. The molecule has 7 nitrogen and oxygen atoms in total. The Hall–Kier alpha value is -2.61. The van der Waals surface area contributed by atoms with Gasteiger partial charge in [-0.25, -0.2) is 9.67 Å². The number of aromatic nitrogens is 5. The number of rotatable bonds is 3. The quantitative estimate of drug-likeness (QED) is 0.776. The normalized spacial score (nSPS) is 10.5. The van der Waals surface area contributed by atoms with Crippen LogP contribution in [-0.2, 0) is 0 Å². The SMILES string of the molecule is Cc1cc(C(=O)Nc2ccc(Br)cn2)ccc1-n1cnnn1. The van der Waals surface area contributed by atoms with Gasteiger partial charge in [-0.15, -0.1) is 5.10 Å². The summed E-state index contributed by atoms with van der Waals surface area (Å²) in [5, 5.41) is 13.8. The topological polar surface area (TPSA) is 85.6 Å². The van der Waals surface area contributed by atoms with Gasteiger partial charge in [0.2, 0.25) is 0 Å². The van der Waals surface area contributed by atoms with E-state index in [1.807, 2.05) is 13.0 Å². The maximum atomic E-state index is 12.2. The lowest BCUT2D eigenvalue weighted by Crippen LogP contribution is -2.13. The zero-order chi connectivity index (χ0) is 15.5. The highest BCUT2D eigenvalue weighted by atomic mass is 79.9. The van der Waals surface area contributed by atoms with Crippen molar-refractivity contribution in [2.45, 2.75) is 6.92 Å². The van der Waals surface area contributed by atoms with Gasteiger partial charge in [0.05, 0.1) is 5.69 Å². The van der Waals surface area contributed by atoms with Gasteiger partial charge in [-0.05, 0) is 69.2 Å². The summed E-state index contributed by atoms with van der Waals surface area (Å²) in [7, 11) is 0. The highest BCUT2D eigenvalue weighted by Gasteiger charge is 2.10. The molecule has 8 heteroatoms. The predicted molar refractivity (Wildman–Crippen MR) is 83.8 cm³/mol. The number of carbonyl (C=O) groups excluding carboxylic acids is 1. The fourth-order valence-electron chi connectivity index (χ4n) is 1.96. The maximum absolute atomic E-state index is 12.2. The summed E-state index contributed by atoms with van der Waals surface area (Å²) in [6, 6.07) is 8.85. The second-order valence-corrected chi connectivity index (χ2v) is 5.49. The molecule has 0 radical (unpaired) electrons. The van der Waals surface area contributed by atoms with E-state index >= 15 is 0 Å². The number of hydrogen-bond donors (Lipinski definition) is 1. The van der Waals surface area contributed by atoms with Crippen LogP contribution in [0.5, 0.6) is 0 Å². The van der Waals surface area contributed by atoms with Crippen molar-refractivity contribution in [2.75, 3.05) is 5.32 Å². The van der Waals surface area contributed by atoms with Crippen molar-refractivity contribution in [1.29, 1.82) is 0 Å². The van der Waals surface area contributed by atoms with Crippen molar-refractivity contribution in [3.63, 3.8) is 0 Å². The first kappa shape index (κ1) is 14.3. The fourth-order valence-corrected chi connectivity index (χ4v) is 2.20. The predicted octanol–water partition coefficient (Wildman–Crippen LogP) is 2.38. The minimum atomic E-state index is -0.221. The molecule has 1 amide bonds. The first-order valence-electron chi connectivity index (χ1n) is 6.40. The van der Waals surface area contributed by atoms with E-state index in [-0.39, 0.29) is 5.91 Å². The van der Waals surface area contributed by atoms with E-state index in [4.69, 9.17) is 0 Å². The average molecular weight is 359 g/mol. The van der Waals surface area contributed by atoms with Crippen LogP contribution >= 0.6 is 15.9 Å². The van der Waals surface area contributed by atoms with E-state index < -0.39 is 0 Å². The molecule has 0 atom stereocenters. The van der Waals surface area contributed by atoms with Crippen LogP contribution in [0.2, 0.25) is 0 Å². The van der Waals surface area contributed by atoms with Crippen molar-refractivity contribution in [2.24, 2.45) is 0 Å². The Bertz CT molecular complexity index is 801. The number of hydrogen-bond acceptors (Lipinski definition) is 5. The summed E-state index contributed by atoms with van der Waals surface area (Å²) in [5.41, 5.74) is 2.26. The van der Waals surface area contributed by atoms with E-state index in [1.54, 1.807) is 35.1 Å². The Morgan fingerprint density at radius 2 is 2.14 bits per heavy atom. The molecule has 22 heavy (non-hydrogen) atoms. The van der Waals surface area contributed by atoms with Crippen molar-refractivity contribution in [3.8, 4) is 5.69 Å². The number of benzene rings is 1. The number of amides is 1. The molecular weight excluding hydrogens is 348 g/mol. The third-order valence-electron chi connectivity index (χ3n) is 3.02. The average Bonchev–Trinajstić information content (AvgIpc) is 3.03. The summed E-state index contributed by atoms with van der Waals surface area (Å²) < 4.78 is 2.40. The summed E-state index contributed by atoms with van der Waals surface area (Å²) in [4.78, 5) is 16.4. The van der Waals surface area contributed by atoms with E-state index in [0.717, 1.165) is 15.7 Å². The monoisotopic (exact) mass is 358 g/mol. The Balaban J connectivity index is 1.81. The summed E-state index contributed by atoms with van der Waals surface area (Å²) >= 11 is 3.30. The van der Waals surface area contributed by atoms with Crippen LogP contribution < -0.4 is 5.32 Å². The van der Waals surface area contributed by atoms with Gasteiger partial charge in [-0.1, -0.05) is 0 Å². The molecule has 3 aromatic rings. The van der Waals surface area contributed by atoms with Crippen molar-refractivity contribution in [1.82, 2.24) is 25.2 Å². The molecule has 0 aliphatic heterocycles. The summed E-state index contributed by atoms with van der Waals surface area (Å²) in [5.74, 6) is 0.275. The van der Waals surface area contributed by atoms with Gasteiger partial charge in [0.25, 0.3) is 5.91 Å². The second kappa shape index (κ2) is 6.02. The van der Waals surface area contributed by atoms with E-state index in [1.165, 1.54) is 6.33 Å². The number of pyridine rings is 1. The first-order chi connectivity index (χ1) is 10.6. The van der Waals surface area contributed by atoms with E-state index in [9.17, 15) is 4.79 Å². The summed E-state index contributed by atoms with van der Waals surface area (Å²) in [6.45, 7) is 1.89. The van der Waals surface area contributed by atoms with Gasteiger partial charge in [0.15, 0.2) is 0 Å². The number of nitrogens with zero attached hydrogens (tertiary/aromatic N) is 5. The van der Waals surface area contributed by atoms with Crippen LogP contribution in [0.3, 0.4) is 0 Å². The van der Waals surface area contributed by atoms with Gasteiger partial charge in [0, 0.05) is 16.2 Å². The zero-order valence-electron chi connectivity index (χ0n) is 11.6. The number of anilines is 1. The molecule has 3 rings (SSSR count). The molecule has 0 aliphatic carbocycles. The Morgan fingerprint density at radius 1 is 1.27 bits per heavy atom. The van der Waals surface area contributed by atoms with Gasteiger partial charge in [-0.2, -0.15) is 0 Å². The highest BCUT2D eigenvalue weighted by Crippen LogP contribution is 2.16. The van der Waals surface area contributed by atoms with E-state index in [0.29, 0.717) is 11.4 Å². The van der Waals surface area contributed by atoms with Gasteiger partial charge in [0.1, 0.15) is 12.1 Å². The standard InChI is InChI=1S/C14H11BrN6O/c1-9-6-10(2-4-12(9)21-8-17-19-20-21)14(22)18-13-5-3-11(15)7-16-13/h2-8H,1H3,(H,16,18,22). The van der Waals surface area contributed by atoms with Crippen LogP contribution in [0.25, 0.3) is 5.69 Å². The van der Waals surface area contributed by atoms with Crippen LogP contribution in [0, 0.1) is 6.92 Å². The molecule has 0 unspecified atom stereocenters. The Labute approximate surface area is 134 Å². The molecule has 1 N–H and O–H groups in total. The Kier molecular flexibility index (Phi) is 3.92. The third kappa shape index (κ3) is 3.01. The Morgan fingerprint density at radius 3 is 2.77 bits per heavy atom. The van der Waals surface area contributed by atoms with Gasteiger partial charge >= 0.3 is 0 Å². The molecule has 0 saturated heterocycles. The molecule has 0 aliphatic rings. The van der Waals surface area contributed by atoms with Crippen LogP contribution in [0.4, 0.5) is 5.82 Å². The lowest BCUT2D eigenvalue weighted by Gasteiger charge is -2.08. The van der Waals surface area contributed by atoms with Crippen molar-refractivity contribution < 1.29 is 4.79 Å². The molecule has 0 saturated carbocycles. The minimum Gasteiger partial charge on any atom is -0.307 e. The molecule has 2 aromatic heterocycles. The third-order valence-corrected chi connectivity index (χ3v) is 3.49. The van der Waals surface area contributed by atoms with E-state index in [2.05, 4.69) is 41.8 Å². The molecule has 0 bridgehead atoms. The van der Waals surface area contributed by atoms with Gasteiger partial charge < -0.3 is 5.32 Å². The zero-order valence-corrected chi connectivity index (χ0v) is 13.1. The number of carbonyl (C=O) groups is 1. The maximum Gasteiger partial charge on any atom is 0.256 e. The second-order valence-electron chi connectivity index (χ2n) is 4.57. The number of aryl methyl sites for hydroxylation is 1. The van der Waals surface area contributed by atoms with Crippen LogP contribution in [0.1, 0.15) is 15.9 Å². The smallest absolute Gasteiger partial charge is 0.256 e. The minimum absolute atomic E-state index is 0.221. The number of nitrogens with one attached hydrogen (secondary N) is 1. The van der Waals surface area contributed by atoms with Gasteiger partial charge in [-0.3, -0.25) is 4.79 Å². The largest absolute Gasteiger partial charge is 0.307 e. The van der Waals surface area contributed by atoms with Crippen molar-refractivity contribution >= 4 is 27.7 Å². The number of halogens is 1. The molecule has 0 spiro atoms. The molecule has 2 heterocycles. The van der Waals surface area contributed by atoms with Crippen LogP contribution in [0.15, 0.2) is 47.3 Å². The molecule has 0 fully saturated rings. The summed E-state index contributed by atoms with van der Waals surface area (Å²) in [6.07, 6.45) is 3.13. The molecular formula is C14H11BrN6O. The highest BCUT2D eigenvalue weighted by molar-refractivity contribution is 9.10. The fraction of sp³-hybridized carbons (Fsp3) is 0.0714. The molecule has 1 aromatic carbocycles. The lowest BCUT2D eigenvalue weighted by atomic mass is 10.1. The van der Waals surface area contributed by atoms with Crippen LogP contribution in [-0.4, -0.2) is 31.1 Å². The van der Waals surface area contributed by atoms with Crippen molar-refractivity contribution in [3.05, 3.63) is 58.5 Å². The number of tetrazole rings is 1. The first-order valence-corrected chi connectivity index (χ1v) is 7.20. The molecule has 110 valence electrons.